The predicted molar refractivity (Wildman–Crippen MR) is 65.5 cm³/mol. The van der Waals surface area contributed by atoms with Crippen LogP contribution in [0.3, 0.4) is 0 Å². The van der Waals surface area contributed by atoms with Gasteiger partial charge < -0.3 is 15.2 Å². The molecular weight excluding hydrogens is 204 g/mol. The standard InChI is InChI=1S/C12H26N2O2/c1-15-9-7-14(8-10-16-2)6-5-12(13)11-3-4-11/h11-12H,3-10,13H2,1-2H3. The lowest BCUT2D eigenvalue weighted by Gasteiger charge is -2.23. The van der Waals surface area contributed by atoms with Gasteiger partial charge >= 0.3 is 0 Å². The van der Waals surface area contributed by atoms with Gasteiger partial charge in [-0.25, -0.2) is 0 Å². The van der Waals surface area contributed by atoms with Crippen LogP contribution < -0.4 is 5.73 Å². The van der Waals surface area contributed by atoms with Crippen LogP contribution in [0, 0.1) is 5.92 Å². The Morgan fingerprint density at radius 2 is 1.69 bits per heavy atom. The maximum absolute atomic E-state index is 6.10. The molecule has 4 nitrogen and oxygen atoms in total. The van der Waals surface area contributed by atoms with Crippen LogP contribution in [0.1, 0.15) is 19.3 Å². The highest BCUT2D eigenvalue weighted by Gasteiger charge is 2.28. The van der Waals surface area contributed by atoms with E-state index in [0.717, 1.165) is 45.2 Å². The average molecular weight is 230 g/mol. The highest BCUT2D eigenvalue weighted by atomic mass is 16.5. The van der Waals surface area contributed by atoms with E-state index in [2.05, 4.69) is 4.90 Å². The maximum atomic E-state index is 6.10. The molecule has 96 valence electrons. The molecule has 0 spiro atoms. The van der Waals surface area contributed by atoms with Crippen molar-refractivity contribution in [2.24, 2.45) is 11.7 Å². The summed E-state index contributed by atoms with van der Waals surface area (Å²) >= 11 is 0. The largest absolute Gasteiger partial charge is 0.383 e. The summed E-state index contributed by atoms with van der Waals surface area (Å²) in [7, 11) is 3.48. The second kappa shape index (κ2) is 8.01. The van der Waals surface area contributed by atoms with Crippen LogP contribution in [-0.2, 0) is 9.47 Å². The van der Waals surface area contributed by atoms with Gasteiger partial charge in [0.2, 0.25) is 0 Å². The normalized spacial score (nSPS) is 18.0. The Morgan fingerprint density at radius 1 is 1.12 bits per heavy atom. The quantitative estimate of drug-likeness (QED) is 0.600. The van der Waals surface area contributed by atoms with Crippen LogP contribution in [-0.4, -0.2) is 58.0 Å². The molecule has 0 radical (unpaired) electrons. The van der Waals surface area contributed by atoms with Crippen LogP contribution in [0.25, 0.3) is 0 Å². The molecular formula is C12H26N2O2. The Kier molecular flexibility index (Phi) is 6.96. The van der Waals surface area contributed by atoms with E-state index in [1.54, 1.807) is 14.2 Å². The number of hydrogen-bond acceptors (Lipinski definition) is 4. The zero-order valence-electron chi connectivity index (χ0n) is 10.7. The summed E-state index contributed by atoms with van der Waals surface area (Å²) < 4.78 is 10.2. The SMILES string of the molecule is COCCN(CCOC)CCC(N)C1CC1. The second-order valence-corrected chi connectivity index (χ2v) is 4.62. The Morgan fingerprint density at radius 3 is 2.12 bits per heavy atom. The molecule has 16 heavy (non-hydrogen) atoms. The van der Waals surface area contributed by atoms with E-state index in [4.69, 9.17) is 15.2 Å². The summed E-state index contributed by atoms with van der Waals surface area (Å²) in [5, 5.41) is 0. The molecule has 1 unspecified atom stereocenters. The fraction of sp³-hybridized carbons (Fsp3) is 1.00. The van der Waals surface area contributed by atoms with E-state index < -0.39 is 0 Å². The molecule has 0 amide bonds. The summed E-state index contributed by atoms with van der Waals surface area (Å²) in [6.07, 6.45) is 3.76. The van der Waals surface area contributed by atoms with Crippen molar-refractivity contribution in [1.82, 2.24) is 4.90 Å². The Bertz CT molecular complexity index is 166. The van der Waals surface area contributed by atoms with Crippen LogP contribution in [0.15, 0.2) is 0 Å². The molecule has 0 aromatic heterocycles. The van der Waals surface area contributed by atoms with Crippen LogP contribution >= 0.6 is 0 Å². The lowest BCUT2D eigenvalue weighted by atomic mass is 10.1. The Labute approximate surface area is 99.1 Å². The molecule has 0 heterocycles. The van der Waals surface area contributed by atoms with Gasteiger partial charge in [0.05, 0.1) is 13.2 Å². The predicted octanol–water partition coefficient (Wildman–Crippen LogP) is 0.709. The minimum atomic E-state index is 0.396. The van der Waals surface area contributed by atoms with E-state index in [-0.39, 0.29) is 0 Å². The van der Waals surface area contributed by atoms with Crippen molar-refractivity contribution in [3.05, 3.63) is 0 Å². The van der Waals surface area contributed by atoms with Gasteiger partial charge in [0.1, 0.15) is 0 Å². The van der Waals surface area contributed by atoms with Gasteiger partial charge in [-0.1, -0.05) is 0 Å². The zero-order valence-corrected chi connectivity index (χ0v) is 10.7. The van der Waals surface area contributed by atoms with Crippen molar-refractivity contribution < 1.29 is 9.47 Å². The van der Waals surface area contributed by atoms with Crippen molar-refractivity contribution in [1.29, 1.82) is 0 Å². The average Bonchev–Trinajstić information content (AvgIpc) is 3.11. The number of ether oxygens (including phenoxy) is 2. The van der Waals surface area contributed by atoms with Gasteiger partial charge in [0.25, 0.3) is 0 Å². The maximum Gasteiger partial charge on any atom is 0.0589 e. The Balaban J connectivity index is 2.13. The van der Waals surface area contributed by atoms with Gasteiger partial charge in [-0.15, -0.1) is 0 Å². The van der Waals surface area contributed by atoms with E-state index >= 15 is 0 Å². The fourth-order valence-electron chi connectivity index (χ4n) is 1.87. The molecule has 1 fully saturated rings. The van der Waals surface area contributed by atoms with Gasteiger partial charge in [0.15, 0.2) is 0 Å². The number of methoxy groups -OCH3 is 2. The zero-order chi connectivity index (χ0) is 11.8. The molecule has 0 saturated heterocycles. The summed E-state index contributed by atoms with van der Waals surface area (Å²) in [5.74, 6) is 0.798. The van der Waals surface area contributed by atoms with Crippen molar-refractivity contribution in [3.8, 4) is 0 Å². The highest BCUT2D eigenvalue weighted by Crippen LogP contribution is 2.32. The lowest BCUT2D eigenvalue weighted by Crippen LogP contribution is -2.35. The van der Waals surface area contributed by atoms with Crippen molar-refractivity contribution in [2.75, 3.05) is 47.1 Å². The number of hydrogen-bond donors (Lipinski definition) is 1. The fourth-order valence-corrected chi connectivity index (χ4v) is 1.87. The van der Waals surface area contributed by atoms with Crippen molar-refractivity contribution in [2.45, 2.75) is 25.3 Å². The molecule has 1 atom stereocenters. The van der Waals surface area contributed by atoms with Gasteiger partial charge in [0, 0.05) is 33.4 Å². The summed E-state index contributed by atoms with van der Waals surface area (Å²) in [5.41, 5.74) is 6.10. The second-order valence-electron chi connectivity index (χ2n) is 4.62. The smallest absolute Gasteiger partial charge is 0.0589 e. The number of nitrogens with zero attached hydrogens (tertiary/aromatic N) is 1. The van der Waals surface area contributed by atoms with Crippen LogP contribution in [0.4, 0.5) is 0 Å². The highest BCUT2D eigenvalue weighted by molar-refractivity contribution is 4.84. The van der Waals surface area contributed by atoms with Crippen molar-refractivity contribution >= 4 is 0 Å². The van der Waals surface area contributed by atoms with Crippen LogP contribution in [0.5, 0.6) is 0 Å². The first-order chi connectivity index (χ1) is 7.77. The minimum absolute atomic E-state index is 0.396. The monoisotopic (exact) mass is 230 g/mol. The van der Waals surface area contributed by atoms with E-state index in [1.807, 2.05) is 0 Å². The van der Waals surface area contributed by atoms with E-state index in [9.17, 15) is 0 Å². The summed E-state index contributed by atoms with van der Waals surface area (Å²) in [4.78, 5) is 2.37. The third-order valence-corrected chi connectivity index (χ3v) is 3.23. The topological polar surface area (TPSA) is 47.7 Å². The summed E-state index contributed by atoms with van der Waals surface area (Å²) in [6, 6.07) is 0.396. The van der Waals surface area contributed by atoms with Crippen LogP contribution in [0.2, 0.25) is 0 Å². The molecule has 1 rings (SSSR count). The first kappa shape index (κ1) is 13.9. The molecule has 2 N–H and O–H groups in total. The molecule has 0 aromatic rings. The van der Waals surface area contributed by atoms with Gasteiger partial charge in [-0.05, 0) is 31.7 Å². The van der Waals surface area contributed by atoms with Gasteiger partial charge in [-0.3, -0.25) is 4.90 Å². The first-order valence-corrected chi connectivity index (χ1v) is 6.23. The Hall–Kier alpha value is -0.160. The minimum Gasteiger partial charge on any atom is -0.383 e. The molecule has 0 aromatic carbocycles. The molecule has 4 heteroatoms. The lowest BCUT2D eigenvalue weighted by molar-refractivity contribution is 0.112. The van der Waals surface area contributed by atoms with E-state index in [1.165, 1.54) is 12.8 Å². The van der Waals surface area contributed by atoms with E-state index in [0.29, 0.717) is 6.04 Å². The first-order valence-electron chi connectivity index (χ1n) is 6.23. The molecule has 0 aliphatic heterocycles. The molecule has 1 saturated carbocycles. The number of nitrogens with two attached hydrogens (primary N) is 1. The van der Waals surface area contributed by atoms with Crippen molar-refractivity contribution in [3.63, 3.8) is 0 Å². The third kappa shape index (κ3) is 5.80. The summed E-state index contributed by atoms with van der Waals surface area (Å²) in [6.45, 7) is 4.56. The molecule has 1 aliphatic carbocycles. The molecule has 0 bridgehead atoms. The van der Waals surface area contributed by atoms with Gasteiger partial charge in [-0.2, -0.15) is 0 Å². The number of rotatable bonds is 10. The molecule has 1 aliphatic rings. The third-order valence-electron chi connectivity index (χ3n) is 3.23.